The Kier molecular flexibility index (Phi) is 6.27. The zero-order chi connectivity index (χ0) is 17.0. The minimum atomic E-state index is -0.534. The summed E-state index contributed by atoms with van der Waals surface area (Å²) < 4.78 is 5.38. The summed E-state index contributed by atoms with van der Waals surface area (Å²) in [5.74, 6) is -0.0581. The van der Waals surface area contributed by atoms with Crippen molar-refractivity contribution >= 4 is 12.0 Å². The van der Waals surface area contributed by atoms with Crippen molar-refractivity contribution in [2.75, 3.05) is 13.1 Å². The quantitative estimate of drug-likeness (QED) is 0.810. The summed E-state index contributed by atoms with van der Waals surface area (Å²) in [6.45, 7) is 13.3. The van der Waals surface area contributed by atoms with Crippen LogP contribution >= 0.6 is 0 Å². The molecule has 0 aromatic carbocycles. The molecule has 0 bridgehead atoms. The topological polar surface area (TPSA) is 58.6 Å². The van der Waals surface area contributed by atoms with Gasteiger partial charge in [-0.15, -0.1) is 0 Å². The molecule has 0 saturated carbocycles. The molecular formula is C17H32N2O3. The van der Waals surface area contributed by atoms with E-state index in [0.29, 0.717) is 19.5 Å². The van der Waals surface area contributed by atoms with Gasteiger partial charge in [-0.2, -0.15) is 0 Å². The standard InChI is InChI=1S/C17H32N2O3/c1-16(2,3)10-8-11-18-14(20)13-9-7-12-19(13)15(21)22-17(4,5)6/h13H,7-12H2,1-6H3,(H,18,20). The lowest BCUT2D eigenvalue weighted by Crippen LogP contribution is -2.47. The lowest BCUT2D eigenvalue weighted by Gasteiger charge is -2.28. The molecule has 1 heterocycles. The molecule has 5 heteroatoms. The van der Waals surface area contributed by atoms with E-state index in [-0.39, 0.29) is 23.5 Å². The second-order valence-corrected chi connectivity index (χ2v) is 8.29. The summed E-state index contributed by atoms with van der Waals surface area (Å²) in [4.78, 5) is 26.0. The molecule has 1 fully saturated rings. The van der Waals surface area contributed by atoms with Crippen LogP contribution in [-0.2, 0) is 9.53 Å². The number of nitrogens with one attached hydrogen (secondary N) is 1. The first-order chi connectivity index (χ1) is 9.99. The number of amides is 2. The van der Waals surface area contributed by atoms with E-state index in [0.717, 1.165) is 19.3 Å². The summed E-state index contributed by atoms with van der Waals surface area (Å²) in [5, 5.41) is 2.96. The van der Waals surface area contributed by atoms with Crippen molar-refractivity contribution in [1.29, 1.82) is 0 Å². The normalized spacial score (nSPS) is 19.2. The monoisotopic (exact) mass is 312 g/mol. The van der Waals surface area contributed by atoms with Gasteiger partial charge in [-0.05, 0) is 51.9 Å². The number of nitrogens with zero attached hydrogens (tertiary/aromatic N) is 1. The highest BCUT2D eigenvalue weighted by Crippen LogP contribution is 2.22. The molecule has 0 aromatic rings. The Labute approximate surface area is 134 Å². The Bertz CT molecular complexity index is 394. The molecule has 5 nitrogen and oxygen atoms in total. The molecule has 1 saturated heterocycles. The van der Waals surface area contributed by atoms with E-state index in [1.54, 1.807) is 4.90 Å². The number of carbonyl (C=O) groups excluding carboxylic acids is 2. The molecule has 1 N–H and O–H groups in total. The lowest BCUT2D eigenvalue weighted by atomic mass is 9.91. The number of ether oxygens (including phenoxy) is 1. The highest BCUT2D eigenvalue weighted by atomic mass is 16.6. The Morgan fingerprint density at radius 2 is 1.82 bits per heavy atom. The maximum Gasteiger partial charge on any atom is 0.410 e. The first-order valence-corrected chi connectivity index (χ1v) is 8.27. The molecule has 1 rings (SSSR count). The Morgan fingerprint density at radius 3 is 2.36 bits per heavy atom. The molecular weight excluding hydrogens is 280 g/mol. The number of likely N-dealkylation sites (tertiary alicyclic amines) is 1. The fourth-order valence-corrected chi connectivity index (χ4v) is 2.53. The van der Waals surface area contributed by atoms with E-state index in [4.69, 9.17) is 4.74 Å². The number of hydrogen-bond acceptors (Lipinski definition) is 3. The third kappa shape index (κ3) is 6.67. The largest absolute Gasteiger partial charge is 0.444 e. The van der Waals surface area contributed by atoms with E-state index in [2.05, 4.69) is 26.1 Å². The van der Waals surface area contributed by atoms with Gasteiger partial charge in [0.2, 0.25) is 5.91 Å². The second kappa shape index (κ2) is 7.34. The summed E-state index contributed by atoms with van der Waals surface area (Å²) >= 11 is 0. The second-order valence-electron chi connectivity index (χ2n) is 8.29. The van der Waals surface area contributed by atoms with Gasteiger partial charge >= 0.3 is 6.09 Å². The average Bonchev–Trinajstić information content (AvgIpc) is 2.80. The Balaban J connectivity index is 2.45. The van der Waals surface area contributed by atoms with Gasteiger partial charge in [-0.25, -0.2) is 4.79 Å². The Hall–Kier alpha value is -1.26. The van der Waals surface area contributed by atoms with Crippen LogP contribution in [0.4, 0.5) is 4.79 Å². The summed E-state index contributed by atoms with van der Waals surface area (Å²) in [6.07, 6.45) is 3.19. The van der Waals surface area contributed by atoms with Crippen LogP contribution in [0.15, 0.2) is 0 Å². The van der Waals surface area contributed by atoms with Gasteiger partial charge in [-0.1, -0.05) is 20.8 Å². The maximum atomic E-state index is 12.3. The van der Waals surface area contributed by atoms with Crippen LogP contribution in [0.2, 0.25) is 0 Å². The van der Waals surface area contributed by atoms with Crippen LogP contribution < -0.4 is 5.32 Å². The lowest BCUT2D eigenvalue weighted by molar-refractivity contribution is -0.125. The fourth-order valence-electron chi connectivity index (χ4n) is 2.53. The van der Waals surface area contributed by atoms with Crippen molar-refractivity contribution in [3.8, 4) is 0 Å². The van der Waals surface area contributed by atoms with E-state index in [1.807, 2.05) is 20.8 Å². The van der Waals surface area contributed by atoms with Gasteiger partial charge in [0.15, 0.2) is 0 Å². The predicted molar refractivity (Wildman–Crippen MR) is 87.7 cm³/mol. The zero-order valence-corrected chi connectivity index (χ0v) is 15.0. The van der Waals surface area contributed by atoms with Gasteiger partial charge < -0.3 is 10.1 Å². The highest BCUT2D eigenvalue weighted by Gasteiger charge is 2.36. The smallest absolute Gasteiger partial charge is 0.410 e. The van der Waals surface area contributed by atoms with Crippen LogP contribution in [0.5, 0.6) is 0 Å². The van der Waals surface area contributed by atoms with Gasteiger partial charge in [-0.3, -0.25) is 9.69 Å². The molecule has 2 amide bonds. The molecule has 1 aliphatic rings. The van der Waals surface area contributed by atoms with Crippen LogP contribution in [-0.4, -0.2) is 41.6 Å². The van der Waals surface area contributed by atoms with Crippen molar-refractivity contribution in [2.24, 2.45) is 5.41 Å². The first kappa shape index (κ1) is 18.8. The van der Waals surface area contributed by atoms with Crippen LogP contribution in [0.25, 0.3) is 0 Å². The molecule has 0 radical (unpaired) electrons. The van der Waals surface area contributed by atoms with E-state index in [1.165, 1.54) is 0 Å². The SMILES string of the molecule is CC(C)(C)CCCNC(=O)C1CCCN1C(=O)OC(C)(C)C. The van der Waals surface area contributed by atoms with E-state index < -0.39 is 5.60 Å². The maximum absolute atomic E-state index is 12.3. The van der Waals surface area contributed by atoms with Gasteiger partial charge in [0.1, 0.15) is 11.6 Å². The molecule has 0 aromatic heterocycles. The van der Waals surface area contributed by atoms with Gasteiger partial charge in [0, 0.05) is 13.1 Å². The minimum Gasteiger partial charge on any atom is -0.444 e. The van der Waals surface area contributed by atoms with Crippen LogP contribution in [0, 0.1) is 5.41 Å². The summed E-state index contributed by atoms with van der Waals surface area (Å²) in [5.41, 5.74) is -0.256. The van der Waals surface area contributed by atoms with Crippen LogP contribution in [0.3, 0.4) is 0 Å². The highest BCUT2D eigenvalue weighted by molar-refractivity contribution is 5.86. The van der Waals surface area contributed by atoms with Gasteiger partial charge in [0.25, 0.3) is 0 Å². The predicted octanol–water partition coefficient (Wildman–Crippen LogP) is 3.33. The van der Waals surface area contributed by atoms with Crippen molar-refractivity contribution in [2.45, 2.75) is 78.9 Å². The first-order valence-electron chi connectivity index (χ1n) is 8.27. The average molecular weight is 312 g/mol. The van der Waals surface area contributed by atoms with Crippen molar-refractivity contribution in [1.82, 2.24) is 10.2 Å². The number of hydrogen-bond donors (Lipinski definition) is 1. The molecule has 22 heavy (non-hydrogen) atoms. The van der Waals surface area contributed by atoms with Crippen molar-refractivity contribution < 1.29 is 14.3 Å². The third-order valence-electron chi connectivity index (χ3n) is 3.59. The summed E-state index contributed by atoms with van der Waals surface area (Å²) in [7, 11) is 0. The molecule has 0 spiro atoms. The number of carbonyl (C=O) groups is 2. The van der Waals surface area contributed by atoms with Crippen molar-refractivity contribution in [3.05, 3.63) is 0 Å². The summed E-state index contributed by atoms with van der Waals surface area (Å²) in [6, 6.07) is -0.385. The molecule has 1 unspecified atom stereocenters. The molecule has 1 atom stereocenters. The zero-order valence-electron chi connectivity index (χ0n) is 15.0. The van der Waals surface area contributed by atoms with E-state index >= 15 is 0 Å². The van der Waals surface area contributed by atoms with Gasteiger partial charge in [0.05, 0.1) is 0 Å². The molecule has 128 valence electrons. The Morgan fingerprint density at radius 1 is 1.18 bits per heavy atom. The third-order valence-corrected chi connectivity index (χ3v) is 3.59. The molecule has 1 aliphatic heterocycles. The fraction of sp³-hybridized carbons (Fsp3) is 0.882. The van der Waals surface area contributed by atoms with Crippen molar-refractivity contribution in [3.63, 3.8) is 0 Å². The number of rotatable bonds is 4. The van der Waals surface area contributed by atoms with Crippen LogP contribution in [0.1, 0.15) is 67.2 Å². The molecule has 0 aliphatic carbocycles. The minimum absolute atomic E-state index is 0.0581. The van der Waals surface area contributed by atoms with E-state index in [9.17, 15) is 9.59 Å².